The van der Waals surface area contributed by atoms with E-state index in [2.05, 4.69) is 5.32 Å². The zero-order valence-corrected chi connectivity index (χ0v) is 7.18. The monoisotopic (exact) mass is 169 g/mol. The van der Waals surface area contributed by atoms with Crippen molar-refractivity contribution in [3.63, 3.8) is 0 Å². The molecule has 1 heterocycles. The second kappa shape index (κ2) is 2.73. The number of carboxylic acid groups (broad SMARTS) is 1. The molecule has 2 atom stereocenters. The minimum absolute atomic E-state index is 0.0220. The highest BCUT2D eigenvalue weighted by Crippen LogP contribution is 2.41. The summed E-state index contributed by atoms with van der Waals surface area (Å²) >= 11 is 0. The Hall–Kier alpha value is -0.570. The van der Waals surface area contributed by atoms with Crippen LogP contribution in [0.4, 0.5) is 0 Å². The van der Waals surface area contributed by atoms with Crippen molar-refractivity contribution in [2.24, 2.45) is 5.92 Å². The van der Waals surface area contributed by atoms with Gasteiger partial charge >= 0.3 is 5.97 Å². The van der Waals surface area contributed by atoms with Crippen molar-refractivity contribution in [2.45, 2.75) is 37.6 Å². The van der Waals surface area contributed by atoms with Crippen molar-refractivity contribution in [1.29, 1.82) is 0 Å². The van der Waals surface area contributed by atoms with Gasteiger partial charge in [0.05, 0.1) is 5.92 Å². The third kappa shape index (κ3) is 1.04. The molecule has 0 aromatic heterocycles. The molecule has 0 radical (unpaired) electrons. The van der Waals surface area contributed by atoms with Crippen LogP contribution in [-0.4, -0.2) is 23.2 Å². The van der Waals surface area contributed by atoms with Gasteiger partial charge in [-0.1, -0.05) is 6.42 Å². The molecule has 2 aliphatic rings. The van der Waals surface area contributed by atoms with Gasteiger partial charge in [-0.25, -0.2) is 0 Å². The van der Waals surface area contributed by atoms with Gasteiger partial charge in [-0.2, -0.15) is 0 Å². The molecule has 2 fully saturated rings. The minimum Gasteiger partial charge on any atom is -0.481 e. The highest BCUT2D eigenvalue weighted by atomic mass is 16.4. The molecule has 1 saturated carbocycles. The van der Waals surface area contributed by atoms with E-state index in [1.807, 2.05) is 0 Å². The van der Waals surface area contributed by atoms with Crippen molar-refractivity contribution >= 4 is 5.97 Å². The lowest BCUT2D eigenvalue weighted by Gasteiger charge is -2.28. The average Bonchev–Trinajstić information content (AvgIpc) is 2.61. The first-order chi connectivity index (χ1) is 5.75. The summed E-state index contributed by atoms with van der Waals surface area (Å²) in [6.45, 7) is 1.00. The fourth-order valence-electron chi connectivity index (χ4n) is 2.77. The average molecular weight is 169 g/mol. The fraction of sp³-hybridized carbons (Fsp3) is 0.889. The number of carboxylic acids is 1. The van der Waals surface area contributed by atoms with Crippen LogP contribution in [0.25, 0.3) is 0 Å². The SMILES string of the molecule is O=C(O)C1CCCC12CCCN2. The number of carbonyl (C=O) groups is 1. The van der Waals surface area contributed by atoms with Crippen LogP contribution in [0.15, 0.2) is 0 Å². The Kier molecular flexibility index (Phi) is 1.83. The van der Waals surface area contributed by atoms with Crippen molar-refractivity contribution in [3.8, 4) is 0 Å². The lowest BCUT2D eigenvalue weighted by atomic mass is 9.86. The van der Waals surface area contributed by atoms with Gasteiger partial charge in [0, 0.05) is 5.54 Å². The van der Waals surface area contributed by atoms with Gasteiger partial charge in [0.1, 0.15) is 0 Å². The quantitative estimate of drug-likeness (QED) is 0.615. The molecule has 0 aromatic rings. The molecule has 2 rings (SSSR count). The van der Waals surface area contributed by atoms with Crippen LogP contribution in [0, 0.1) is 5.92 Å². The third-order valence-corrected chi connectivity index (χ3v) is 3.36. The molecule has 12 heavy (non-hydrogen) atoms. The summed E-state index contributed by atoms with van der Waals surface area (Å²) in [5.41, 5.74) is -0.0220. The zero-order valence-electron chi connectivity index (χ0n) is 7.18. The molecular weight excluding hydrogens is 154 g/mol. The molecule has 0 amide bonds. The lowest BCUT2D eigenvalue weighted by molar-refractivity contribution is -0.143. The van der Waals surface area contributed by atoms with Gasteiger partial charge in [-0.3, -0.25) is 4.79 Å². The van der Waals surface area contributed by atoms with Crippen molar-refractivity contribution in [1.82, 2.24) is 5.32 Å². The number of hydrogen-bond acceptors (Lipinski definition) is 2. The highest BCUT2D eigenvalue weighted by molar-refractivity contribution is 5.72. The van der Waals surface area contributed by atoms with E-state index in [1.165, 1.54) is 0 Å². The second-order valence-corrected chi connectivity index (χ2v) is 3.97. The molecule has 2 N–H and O–H groups in total. The van der Waals surface area contributed by atoms with Crippen LogP contribution in [0.5, 0.6) is 0 Å². The smallest absolute Gasteiger partial charge is 0.308 e. The van der Waals surface area contributed by atoms with Gasteiger partial charge in [0.25, 0.3) is 0 Å². The van der Waals surface area contributed by atoms with Gasteiger partial charge in [-0.15, -0.1) is 0 Å². The van der Waals surface area contributed by atoms with Crippen LogP contribution >= 0.6 is 0 Å². The normalized spacial score (nSPS) is 40.8. The van der Waals surface area contributed by atoms with Crippen LogP contribution in [0.1, 0.15) is 32.1 Å². The van der Waals surface area contributed by atoms with Gasteiger partial charge in [0.2, 0.25) is 0 Å². The Bertz CT molecular complexity index is 191. The molecule has 0 bridgehead atoms. The standard InChI is InChI=1S/C9H15NO2/c11-8(12)7-3-1-4-9(7)5-2-6-10-9/h7,10H,1-6H2,(H,11,12). The Morgan fingerprint density at radius 3 is 2.75 bits per heavy atom. The summed E-state index contributed by atoms with van der Waals surface area (Å²) in [7, 11) is 0. The number of nitrogens with one attached hydrogen (secondary N) is 1. The maximum Gasteiger partial charge on any atom is 0.308 e. The van der Waals surface area contributed by atoms with E-state index >= 15 is 0 Å². The van der Waals surface area contributed by atoms with Crippen molar-refractivity contribution in [3.05, 3.63) is 0 Å². The van der Waals surface area contributed by atoms with E-state index in [4.69, 9.17) is 5.11 Å². The summed E-state index contributed by atoms with van der Waals surface area (Å²) in [6.07, 6.45) is 5.20. The first-order valence-electron chi connectivity index (χ1n) is 4.72. The van der Waals surface area contributed by atoms with E-state index in [1.54, 1.807) is 0 Å². The van der Waals surface area contributed by atoms with Gasteiger partial charge < -0.3 is 10.4 Å². The van der Waals surface area contributed by atoms with Crippen molar-refractivity contribution in [2.75, 3.05) is 6.54 Å². The van der Waals surface area contributed by atoms with Crippen LogP contribution < -0.4 is 5.32 Å². The summed E-state index contributed by atoms with van der Waals surface area (Å²) < 4.78 is 0. The number of rotatable bonds is 1. The van der Waals surface area contributed by atoms with E-state index in [-0.39, 0.29) is 11.5 Å². The molecule has 68 valence electrons. The summed E-state index contributed by atoms with van der Waals surface area (Å²) in [4.78, 5) is 10.9. The topological polar surface area (TPSA) is 49.3 Å². The first-order valence-corrected chi connectivity index (χ1v) is 4.72. The molecule has 3 heteroatoms. The molecule has 0 aromatic carbocycles. The maximum absolute atomic E-state index is 10.9. The lowest BCUT2D eigenvalue weighted by Crippen LogP contribution is -2.46. The number of hydrogen-bond donors (Lipinski definition) is 2. The highest BCUT2D eigenvalue weighted by Gasteiger charge is 2.47. The Labute approximate surface area is 72.2 Å². The van der Waals surface area contributed by atoms with Gasteiger partial charge in [-0.05, 0) is 32.2 Å². The van der Waals surface area contributed by atoms with E-state index in [0.717, 1.165) is 38.6 Å². The van der Waals surface area contributed by atoms with E-state index in [0.29, 0.717) is 0 Å². The minimum atomic E-state index is -0.609. The fourth-order valence-corrected chi connectivity index (χ4v) is 2.77. The molecule has 1 saturated heterocycles. The molecule has 3 nitrogen and oxygen atoms in total. The Morgan fingerprint density at radius 2 is 2.17 bits per heavy atom. The first kappa shape index (κ1) is 8.05. The Morgan fingerprint density at radius 1 is 1.42 bits per heavy atom. The van der Waals surface area contributed by atoms with Crippen LogP contribution in [0.2, 0.25) is 0 Å². The van der Waals surface area contributed by atoms with Gasteiger partial charge in [0.15, 0.2) is 0 Å². The van der Waals surface area contributed by atoms with E-state index < -0.39 is 5.97 Å². The third-order valence-electron chi connectivity index (χ3n) is 3.36. The molecule has 1 aliphatic carbocycles. The summed E-state index contributed by atoms with van der Waals surface area (Å²) in [6, 6.07) is 0. The van der Waals surface area contributed by atoms with E-state index in [9.17, 15) is 4.79 Å². The second-order valence-electron chi connectivity index (χ2n) is 3.97. The van der Waals surface area contributed by atoms with Crippen LogP contribution in [0.3, 0.4) is 0 Å². The molecule has 2 unspecified atom stereocenters. The van der Waals surface area contributed by atoms with Crippen molar-refractivity contribution < 1.29 is 9.90 Å². The molecule has 1 spiro atoms. The maximum atomic E-state index is 10.9. The predicted molar refractivity (Wildman–Crippen MR) is 44.9 cm³/mol. The summed E-state index contributed by atoms with van der Waals surface area (Å²) in [5.74, 6) is -0.734. The summed E-state index contributed by atoms with van der Waals surface area (Å²) in [5, 5.41) is 12.4. The zero-order chi connectivity index (χ0) is 8.60. The Balaban J connectivity index is 2.17. The molecular formula is C9H15NO2. The number of aliphatic carboxylic acids is 1. The van der Waals surface area contributed by atoms with Crippen LogP contribution in [-0.2, 0) is 4.79 Å². The predicted octanol–water partition coefficient (Wildman–Crippen LogP) is 0.993. The molecule has 1 aliphatic heterocycles. The largest absolute Gasteiger partial charge is 0.481 e.